The Morgan fingerprint density at radius 3 is 2.26 bits per heavy atom. The van der Waals surface area contributed by atoms with Crippen molar-refractivity contribution < 1.29 is 19.0 Å². The number of aliphatic hydroxyl groups is 1. The summed E-state index contributed by atoms with van der Waals surface area (Å²) in [5.41, 5.74) is 6.17. The number of aliphatic hydroxyl groups excluding tert-OH is 1. The fourth-order valence-electron chi connectivity index (χ4n) is 1.90. The fourth-order valence-corrected chi connectivity index (χ4v) is 1.90. The van der Waals surface area contributed by atoms with Crippen LogP contribution in [-0.4, -0.2) is 25.4 Å². The van der Waals surface area contributed by atoms with Crippen molar-refractivity contribution in [3.8, 4) is 11.5 Å². The van der Waals surface area contributed by atoms with Gasteiger partial charge in [0.05, 0.1) is 26.4 Å². The summed E-state index contributed by atoms with van der Waals surface area (Å²) in [6.45, 7) is 3.83. The lowest BCUT2D eigenvalue weighted by molar-refractivity contribution is 0.0866. The van der Waals surface area contributed by atoms with Crippen molar-refractivity contribution in [3.63, 3.8) is 0 Å². The van der Waals surface area contributed by atoms with Gasteiger partial charge < -0.3 is 20.3 Å². The zero-order valence-corrected chi connectivity index (χ0v) is 11.8. The Bertz CT molecular complexity index is 425. The van der Waals surface area contributed by atoms with Crippen LogP contribution in [0.25, 0.3) is 0 Å². The first kappa shape index (κ1) is 15.7. The Morgan fingerprint density at radius 1 is 1.26 bits per heavy atom. The van der Waals surface area contributed by atoms with Gasteiger partial charge in [0.25, 0.3) is 0 Å². The van der Waals surface area contributed by atoms with E-state index in [1.54, 1.807) is 0 Å². The highest BCUT2D eigenvalue weighted by Crippen LogP contribution is 2.33. The maximum atomic E-state index is 14.0. The number of benzene rings is 1. The summed E-state index contributed by atoms with van der Waals surface area (Å²) >= 11 is 0. The van der Waals surface area contributed by atoms with Crippen LogP contribution in [0.1, 0.15) is 31.9 Å². The summed E-state index contributed by atoms with van der Waals surface area (Å²) < 4.78 is 24.1. The van der Waals surface area contributed by atoms with Crippen molar-refractivity contribution >= 4 is 0 Å². The summed E-state index contributed by atoms with van der Waals surface area (Å²) in [5.74, 6) is 0.176. The largest absolute Gasteiger partial charge is 0.493 e. The lowest BCUT2D eigenvalue weighted by atomic mass is 9.91. The van der Waals surface area contributed by atoms with Crippen molar-refractivity contribution in [2.75, 3.05) is 14.2 Å². The number of nitrogens with two attached hydrogens (primary N) is 1. The van der Waals surface area contributed by atoms with Crippen LogP contribution in [-0.2, 0) is 0 Å². The van der Waals surface area contributed by atoms with Crippen molar-refractivity contribution in [2.45, 2.75) is 32.4 Å². The molecule has 1 aromatic carbocycles. The summed E-state index contributed by atoms with van der Waals surface area (Å²) in [5, 5.41) is 10.1. The molecule has 0 radical (unpaired) electrons. The van der Waals surface area contributed by atoms with E-state index in [1.165, 1.54) is 26.4 Å². The topological polar surface area (TPSA) is 64.7 Å². The predicted octanol–water partition coefficient (Wildman–Crippen LogP) is 2.25. The maximum absolute atomic E-state index is 14.0. The molecule has 0 saturated carbocycles. The SMILES string of the molecule is CCC(C)[C@H](O)[C@H](N)c1cc(OC)c(OC)cc1F. The first-order valence-electron chi connectivity index (χ1n) is 6.31. The lowest BCUT2D eigenvalue weighted by Crippen LogP contribution is -2.32. The van der Waals surface area contributed by atoms with E-state index in [-0.39, 0.29) is 11.5 Å². The standard InChI is InChI=1S/C14H22FNO3/c1-5-8(2)14(17)13(16)9-6-11(18-3)12(19-4)7-10(9)15/h6-8,13-14,17H,5,16H2,1-4H3/t8?,13-,14+/m1/s1. The highest BCUT2D eigenvalue weighted by atomic mass is 19.1. The van der Waals surface area contributed by atoms with Crippen LogP contribution >= 0.6 is 0 Å². The van der Waals surface area contributed by atoms with E-state index in [2.05, 4.69) is 0 Å². The van der Waals surface area contributed by atoms with Gasteiger partial charge in [0.1, 0.15) is 5.82 Å². The molecule has 0 spiro atoms. The first-order valence-corrected chi connectivity index (χ1v) is 6.31. The number of rotatable bonds is 6. The van der Waals surface area contributed by atoms with E-state index in [0.29, 0.717) is 11.5 Å². The lowest BCUT2D eigenvalue weighted by Gasteiger charge is -2.25. The van der Waals surface area contributed by atoms with Crippen molar-refractivity contribution in [2.24, 2.45) is 11.7 Å². The van der Waals surface area contributed by atoms with E-state index < -0.39 is 18.0 Å². The molecule has 108 valence electrons. The molecule has 19 heavy (non-hydrogen) atoms. The summed E-state index contributed by atoms with van der Waals surface area (Å²) in [6.07, 6.45) is -0.0401. The Morgan fingerprint density at radius 2 is 1.79 bits per heavy atom. The van der Waals surface area contributed by atoms with Crippen LogP contribution in [0.4, 0.5) is 4.39 Å². The normalized spacial score (nSPS) is 15.7. The second-order valence-electron chi connectivity index (χ2n) is 4.63. The second-order valence-corrected chi connectivity index (χ2v) is 4.63. The van der Waals surface area contributed by atoms with Gasteiger partial charge in [0, 0.05) is 11.6 Å². The van der Waals surface area contributed by atoms with Gasteiger partial charge >= 0.3 is 0 Å². The molecule has 1 aromatic rings. The summed E-state index contributed by atoms with van der Waals surface area (Å²) in [7, 11) is 2.90. The zero-order valence-electron chi connectivity index (χ0n) is 11.8. The Balaban J connectivity index is 3.12. The molecule has 1 unspecified atom stereocenters. The average Bonchev–Trinajstić information content (AvgIpc) is 2.44. The highest BCUT2D eigenvalue weighted by Gasteiger charge is 2.25. The average molecular weight is 271 g/mol. The number of halogens is 1. The van der Waals surface area contributed by atoms with Gasteiger partial charge in [-0.15, -0.1) is 0 Å². The third kappa shape index (κ3) is 3.36. The molecule has 0 saturated heterocycles. The fraction of sp³-hybridized carbons (Fsp3) is 0.571. The molecule has 0 aliphatic carbocycles. The zero-order chi connectivity index (χ0) is 14.6. The van der Waals surface area contributed by atoms with Gasteiger partial charge in [0.15, 0.2) is 11.5 Å². The van der Waals surface area contributed by atoms with E-state index in [1.807, 2.05) is 13.8 Å². The monoisotopic (exact) mass is 271 g/mol. The van der Waals surface area contributed by atoms with Gasteiger partial charge in [-0.1, -0.05) is 20.3 Å². The van der Waals surface area contributed by atoms with E-state index in [0.717, 1.165) is 6.42 Å². The minimum Gasteiger partial charge on any atom is -0.493 e. The van der Waals surface area contributed by atoms with Gasteiger partial charge in [-0.05, 0) is 12.0 Å². The molecule has 0 heterocycles. The number of hydrogen-bond acceptors (Lipinski definition) is 4. The Kier molecular flexibility index (Phi) is 5.57. The van der Waals surface area contributed by atoms with Crippen molar-refractivity contribution in [1.82, 2.24) is 0 Å². The van der Waals surface area contributed by atoms with Gasteiger partial charge in [-0.2, -0.15) is 0 Å². The molecule has 0 fully saturated rings. The third-order valence-electron chi connectivity index (χ3n) is 3.46. The predicted molar refractivity (Wildman–Crippen MR) is 71.9 cm³/mol. The van der Waals surface area contributed by atoms with Crippen LogP contribution in [0.3, 0.4) is 0 Å². The summed E-state index contributed by atoms with van der Waals surface area (Å²) in [6, 6.07) is 1.90. The number of ether oxygens (including phenoxy) is 2. The molecule has 0 amide bonds. The molecule has 3 atom stereocenters. The molecule has 3 N–H and O–H groups in total. The third-order valence-corrected chi connectivity index (χ3v) is 3.46. The second kappa shape index (κ2) is 6.73. The van der Waals surface area contributed by atoms with Crippen LogP contribution < -0.4 is 15.2 Å². The van der Waals surface area contributed by atoms with Gasteiger partial charge in [0.2, 0.25) is 0 Å². The number of hydrogen-bond donors (Lipinski definition) is 2. The first-order chi connectivity index (χ1) is 8.96. The molecular weight excluding hydrogens is 249 g/mol. The van der Waals surface area contributed by atoms with E-state index in [4.69, 9.17) is 15.2 Å². The molecule has 4 nitrogen and oxygen atoms in total. The van der Waals surface area contributed by atoms with Gasteiger partial charge in [-0.25, -0.2) is 4.39 Å². The molecule has 0 aliphatic heterocycles. The van der Waals surface area contributed by atoms with Crippen LogP contribution in [0.2, 0.25) is 0 Å². The van der Waals surface area contributed by atoms with Crippen LogP contribution in [0.5, 0.6) is 11.5 Å². The molecule has 0 bridgehead atoms. The Labute approximate surface area is 113 Å². The molecule has 5 heteroatoms. The smallest absolute Gasteiger partial charge is 0.163 e. The summed E-state index contributed by atoms with van der Waals surface area (Å²) in [4.78, 5) is 0. The minimum absolute atomic E-state index is 0.0116. The minimum atomic E-state index is -0.808. The quantitative estimate of drug-likeness (QED) is 0.833. The van der Waals surface area contributed by atoms with Crippen molar-refractivity contribution in [3.05, 3.63) is 23.5 Å². The molecule has 1 rings (SSSR count). The molecule has 0 aliphatic rings. The van der Waals surface area contributed by atoms with E-state index >= 15 is 0 Å². The maximum Gasteiger partial charge on any atom is 0.163 e. The molecular formula is C14H22FNO3. The van der Waals surface area contributed by atoms with Crippen LogP contribution in [0, 0.1) is 11.7 Å². The van der Waals surface area contributed by atoms with Crippen LogP contribution in [0.15, 0.2) is 12.1 Å². The molecule has 0 aromatic heterocycles. The number of methoxy groups -OCH3 is 2. The van der Waals surface area contributed by atoms with E-state index in [9.17, 15) is 9.50 Å². The van der Waals surface area contributed by atoms with Gasteiger partial charge in [-0.3, -0.25) is 0 Å². The van der Waals surface area contributed by atoms with Crippen molar-refractivity contribution in [1.29, 1.82) is 0 Å². The highest BCUT2D eigenvalue weighted by molar-refractivity contribution is 5.44. The Hall–Kier alpha value is -1.33.